The third kappa shape index (κ3) is 3.40. The Balaban J connectivity index is 2.10. The zero-order valence-corrected chi connectivity index (χ0v) is 12.9. The Labute approximate surface area is 117 Å². The van der Waals surface area contributed by atoms with Gasteiger partial charge in [-0.25, -0.2) is 4.98 Å². The van der Waals surface area contributed by atoms with Crippen molar-refractivity contribution in [2.45, 2.75) is 46.1 Å². The fourth-order valence-corrected chi connectivity index (χ4v) is 3.23. The third-order valence-corrected chi connectivity index (χ3v) is 4.24. The van der Waals surface area contributed by atoms with Crippen molar-refractivity contribution in [3.05, 3.63) is 18.3 Å². The minimum Gasteiger partial charge on any atom is -0.379 e. The number of anilines is 2. The Bertz CT molecular complexity index is 426. The molecule has 3 nitrogen and oxygen atoms in total. The quantitative estimate of drug-likeness (QED) is 0.897. The smallest absolute Gasteiger partial charge is 0.151 e. The molecule has 3 heteroatoms. The zero-order chi connectivity index (χ0) is 14.0. The van der Waals surface area contributed by atoms with Crippen LogP contribution in [0.15, 0.2) is 18.3 Å². The molecule has 1 saturated carbocycles. The molecule has 106 valence electrons. The average molecular weight is 261 g/mol. The molecule has 0 aromatic carbocycles. The second-order valence-corrected chi connectivity index (χ2v) is 6.90. The van der Waals surface area contributed by atoms with E-state index in [1.807, 2.05) is 26.4 Å². The van der Waals surface area contributed by atoms with Crippen LogP contribution < -0.4 is 10.2 Å². The van der Waals surface area contributed by atoms with Gasteiger partial charge in [0.2, 0.25) is 0 Å². The largest absolute Gasteiger partial charge is 0.379 e. The van der Waals surface area contributed by atoms with Crippen LogP contribution in [0.2, 0.25) is 0 Å². The highest BCUT2D eigenvalue weighted by molar-refractivity contribution is 5.65. The van der Waals surface area contributed by atoms with Crippen molar-refractivity contribution in [3.63, 3.8) is 0 Å². The Hall–Kier alpha value is -1.25. The van der Waals surface area contributed by atoms with Crippen molar-refractivity contribution in [2.24, 2.45) is 11.3 Å². The lowest BCUT2D eigenvalue weighted by molar-refractivity contribution is 0.177. The van der Waals surface area contributed by atoms with E-state index in [9.17, 15) is 0 Å². The molecule has 1 aromatic heterocycles. The first-order valence-corrected chi connectivity index (χ1v) is 7.28. The molecule has 19 heavy (non-hydrogen) atoms. The highest BCUT2D eigenvalue weighted by Crippen LogP contribution is 2.40. The first kappa shape index (κ1) is 14.2. The summed E-state index contributed by atoms with van der Waals surface area (Å²) in [7, 11) is 4.09. The van der Waals surface area contributed by atoms with Crippen molar-refractivity contribution in [1.29, 1.82) is 0 Å². The summed E-state index contributed by atoms with van der Waals surface area (Å²) in [4.78, 5) is 6.53. The summed E-state index contributed by atoms with van der Waals surface area (Å²) in [6.07, 6.45) is 5.69. The van der Waals surface area contributed by atoms with Crippen molar-refractivity contribution in [3.8, 4) is 0 Å². The van der Waals surface area contributed by atoms with Crippen LogP contribution in [0.4, 0.5) is 11.5 Å². The number of rotatable bonds is 3. The fourth-order valence-electron chi connectivity index (χ4n) is 3.23. The molecule has 2 atom stereocenters. The Morgan fingerprint density at radius 3 is 2.74 bits per heavy atom. The summed E-state index contributed by atoms with van der Waals surface area (Å²) in [5.41, 5.74) is 1.65. The molecular weight excluding hydrogens is 234 g/mol. The molecule has 0 amide bonds. The molecule has 0 spiro atoms. The van der Waals surface area contributed by atoms with Crippen LogP contribution in [0.25, 0.3) is 0 Å². The summed E-state index contributed by atoms with van der Waals surface area (Å²) in [6.45, 7) is 7.13. The molecule has 1 fully saturated rings. The van der Waals surface area contributed by atoms with Gasteiger partial charge in [0.1, 0.15) is 0 Å². The monoisotopic (exact) mass is 261 g/mol. The molecule has 2 unspecified atom stereocenters. The van der Waals surface area contributed by atoms with Crippen molar-refractivity contribution in [2.75, 3.05) is 24.3 Å². The molecule has 0 aliphatic heterocycles. The molecule has 0 bridgehead atoms. The van der Waals surface area contributed by atoms with Crippen molar-refractivity contribution < 1.29 is 0 Å². The van der Waals surface area contributed by atoms with Crippen LogP contribution in [0.5, 0.6) is 0 Å². The summed E-state index contributed by atoms with van der Waals surface area (Å²) >= 11 is 0. The topological polar surface area (TPSA) is 28.2 Å². The Morgan fingerprint density at radius 1 is 1.37 bits per heavy atom. The van der Waals surface area contributed by atoms with E-state index < -0.39 is 0 Å². The number of pyridine rings is 1. The predicted octanol–water partition coefficient (Wildman–Crippen LogP) is 3.77. The summed E-state index contributed by atoms with van der Waals surface area (Å²) in [6, 6.07) is 4.71. The van der Waals surface area contributed by atoms with Gasteiger partial charge in [-0.1, -0.05) is 20.8 Å². The van der Waals surface area contributed by atoms with Gasteiger partial charge in [-0.2, -0.15) is 0 Å². The number of hydrogen-bond donors (Lipinski definition) is 1. The van der Waals surface area contributed by atoms with Gasteiger partial charge in [0.05, 0.1) is 5.69 Å². The second kappa shape index (κ2) is 5.40. The summed E-state index contributed by atoms with van der Waals surface area (Å²) in [5, 5.41) is 3.71. The maximum atomic E-state index is 4.46. The van der Waals surface area contributed by atoms with E-state index in [-0.39, 0.29) is 0 Å². The van der Waals surface area contributed by atoms with Crippen molar-refractivity contribution >= 4 is 11.5 Å². The van der Waals surface area contributed by atoms with Gasteiger partial charge in [-0.3, -0.25) is 0 Å². The number of nitrogens with one attached hydrogen (secondary N) is 1. The van der Waals surface area contributed by atoms with Crippen molar-refractivity contribution in [1.82, 2.24) is 4.98 Å². The van der Waals surface area contributed by atoms with Crippen LogP contribution in [-0.2, 0) is 0 Å². The molecule has 1 aliphatic carbocycles. The lowest BCUT2D eigenvalue weighted by Gasteiger charge is -2.40. The van der Waals surface area contributed by atoms with Crippen LogP contribution in [0, 0.1) is 11.3 Å². The number of aromatic nitrogens is 1. The minimum atomic E-state index is 0.497. The summed E-state index contributed by atoms with van der Waals surface area (Å²) < 4.78 is 0. The third-order valence-electron chi connectivity index (χ3n) is 4.24. The molecule has 1 N–H and O–H groups in total. The van der Waals surface area contributed by atoms with Gasteiger partial charge in [0.15, 0.2) is 5.82 Å². The molecular formula is C16H27N3. The first-order valence-electron chi connectivity index (χ1n) is 7.28. The highest BCUT2D eigenvalue weighted by atomic mass is 15.2. The fraction of sp³-hybridized carbons (Fsp3) is 0.688. The molecule has 0 radical (unpaired) electrons. The minimum absolute atomic E-state index is 0.497. The van der Waals surface area contributed by atoms with Gasteiger partial charge in [-0.15, -0.1) is 0 Å². The van der Waals surface area contributed by atoms with E-state index in [0.29, 0.717) is 17.4 Å². The Kier molecular flexibility index (Phi) is 4.02. The average Bonchev–Trinajstić information content (AvgIpc) is 2.32. The lowest BCUT2D eigenvalue weighted by atomic mass is 9.70. The van der Waals surface area contributed by atoms with Gasteiger partial charge in [0, 0.05) is 26.3 Å². The summed E-state index contributed by atoms with van der Waals surface area (Å²) in [5.74, 6) is 1.73. The lowest BCUT2D eigenvalue weighted by Crippen LogP contribution is -2.37. The van der Waals surface area contributed by atoms with Crippen LogP contribution >= 0.6 is 0 Å². The number of hydrogen-bond acceptors (Lipinski definition) is 3. The van der Waals surface area contributed by atoms with E-state index in [0.717, 1.165) is 11.5 Å². The van der Waals surface area contributed by atoms with Gasteiger partial charge < -0.3 is 10.2 Å². The van der Waals surface area contributed by atoms with Crippen LogP contribution in [0.1, 0.15) is 40.0 Å². The standard InChI is InChI=1S/C16H27N3/c1-12-11-16(2,3)9-8-13(12)18-14-7-6-10-17-15(14)19(4)5/h6-7,10,12-13,18H,8-9,11H2,1-5H3. The van der Waals surface area contributed by atoms with Gasteiger partial charge in [-0.05, 0) is 42.7 Å². The molecule has 0 saturated heterocycles. The molecule has 1 aromatic rings. The van der Waals surface area contributed by atoms with E-state index in [1.54, 1.807) is 0 Å². The molecule has 1 aliphatic rings. The van der Waals surface area contributed by atoms with Gasteiger partial charge in [0.25, 0.3) is 0 Å². The van der Waals surface area contributed by atoms with Gasteiger partial charge >= 0.3 is 0 Å². The molecule has 2 rings (SSSR count). The highest BCUT2D eigenvalue weighted by Gasteiger charge is 2.32. The second-order valence-electron chi connectivity index (χ2n) is 6.90. The molecule has 1 heterocycles. The van der Waals surface area contributed by atoms with E-state index >= 15 is 0 Å². The maximum Gasteiger partial charge on any atom is 0.151 e. The Morgan fingerprint density at radius 2 is 2.11 bits per heavy atom. The van der Waals surface area contributed by atoms with E-state index in [1.165, 1.54) is 19.3 Å². The van der Waals surface area contributed by atoms with Crippen LogP contribution in [-0.4, -0.2) is 25.1 Å². The number of nitrogens with zero attached hydrogens (tertiary/aromatic N) is 2. The normalized spacial score (nSPS) is 25.9. The maximum absolute atomic E-state index is 4.46. The zero-order valence-electron chi connectivity index (χ0n) is 12.9. The van der Waals surface area contributed by atoms with E-state index in [4.69, 9.17) is 0 Å². The SMILES string of the molecule is CC1CC(C)(C)CCC1Nc1cccnc1N(C)C. The van der Waals surface area contributed by atoms with Crippen LogP contribution in [0.3, 0.4) is 0 Å². The van der Waals surface area contributed by atoms with E-state index in [2.05, 4.69) is 42.0 Å². The first-order chi connectivity index (χ1) is 8.89. The predicted molar refractivity (Wildman–Crippen MR) is 82.8 cm³/mol.